The normalized spacial score (nSPS) is 7.11. The topological polar surface area (TPSA) is 99.2 Å². The Bertz CT molecular complexity index is 102. The Morgan fingerprint density at radius 1 is 1.78 bits per heavy atom. The van der Waals surface area contributed by atoms with E-state index in [9.17, 15) is 4.79 Å². The van der Waals surface area contributed by atoms with Gasteiger partial charge in [0.2, 0.25) is 0 Å². The first-order chi connectivity index (χ1) is 3.63. The Hall–Kier alpha value is -0.494. The molecule has 0 spiro atoms. The summed E-state index contributed by atoms with van der Waals surface area (Å²) in [6.07, 6.45) is 0. The standard InChI is InChI=1S/C3H7N3O2.Mg.2H/c4-3(5)6-1-2(7)8;;;/h1H2,(H,7,8)(H4,4,5,6);;;. The van der Waals surface area contributed by atoms with Crippen molar-refractivity contribution in [1.29, 1.82) is 5.41 Å². The van der Waals surface area contributed by atoms with Crippen LogP contribution in [0, 0.1) is 5.41 Å². The van der Waals surface area contributed by atoms with E-state index in [1.54, 1.807) is 0 Å². The van der Waals surface area contributed by atoms with Gasteiger partial charge in [0, 0.05) is 0 Å². The van der Waals surface area contributed by atoms with Gasteiger partial charge in [-0.05, 0) is 0 Å². The van der Waals surface area contributed by atoms with Crippen molar-refractivity contribution in [3.63, 3.8) is 0 Å². The van der Waals surface area contributed by atoms with Crippen molar-refractivity contribution in [1.82, 2.24) is 5.32 Å². The molecule has 0 aromatic heterocycles. The molecule has 50 valence electrons. The molecule has 6 heteroatoms. The first kappa shape index (κ1) is 11.3. The number of guanidine groups is 1. The number of hydrogen-bond acceptors (Lipinski definition) is 2. The zero-order valence-corrected chi connectivity index (χ0v) is 4.14. The molecule has 5 nitrogen and oxygen atoms in total. The van der Waals surface area contributed by atoms with Crippen LogP contribution in [0.5, 0.6) is 0 Å². The number of nitrogens with one attached hydrogen (secondary N) is 2. The SMILES string of the molecule is N=C(N)NCC(=O)O.[MgH2]. The molecule has 0 atom stereocenters. The molecule has 0 fully saturated rings. The Morgan fingerprint density at radius 3 is 2.33 bits per heavy atom. The van der Waals surface area contributed by atoms with E-state index in [0.717, 1.165) is 0 Å². The van der Waals surface area contributed by atoms with Gasteiger partial charge in [-0.3, -0.25) is 10.2 Å². The summed E-state index contributed by atoms with van der Waals surface area (Å²) in [6, 6.07) is 0. The molecule has 0 bridgehead atoms. The van der Waals surface area contributed by atoms with Gasteiger partial charge in [-0.2, -0.15) is 0 Å². The maximum Gasteiger partial charge on any atom is 0.322 e. The van der Waals surface area contributed by atoms with Gasteiger partial charge < -0.3 is 16.2 Å². The van der Waals surface area contributed by atoms with Gasteiger partial charge in [0.1, 0.15) is 6.54 Å². The van der Waals surface area contributed by atoms with Gasteiger partial charge >= 0.3 is 29.0 Å². The predicted octanol–water partition coefficient (Wildman–Crippen LogP) is -2.36. The summed E-state index contributed by atoms with van der Waals surface area (Å²) in [7, 11) is 0. The molecule has 0 aliphatic heterocycles. The molecular weight excluding hydrogens is 134 g/mol. The first-order valence-electron chi connectivity index (χ1n) is 1.92. The minimum absolute atomic E-state index is 0. The highest BCUT2D eigenvalue weighted by Gasteiger charge is 1.92. The third kappa shape index (κ3) is 11.2. The lowest BCUT2D eigenvalue weighted by atomic mass is 10.6. The molecule has 0 heterocycles. The molecular formula is C3H9MgN3O2. The van der Waals surface area contributed by atoms with Gasteiger partial charge in [0.15, 0.2) is 5.96 Å². The fraction of sp³-hybridized carbons (Fsp3) is 0.333. The van der Waals surface area contributed by atoms with Crippen LogP contribution in [0.1, 0.15) is 0 Å². The lowest BCUT2D eigenvalue weighted by Crippen LogP contribution is -2.34. The molecule has 0 aromatic rings. The van der Waals surface area contributed by atoms with Crippen LogP contribution in [0.3, 0.4) is 0 Å². The van der Waals surface area contributed by atoms with Crippen LogP contribution in [-0.4, -0.2) is 46.6 Å². The summed E-state index contributed by atoms with van der Waals surface area (Å²) < 4.78 is 0. The van der Waals surface area contributed by atoms with Crippen molar-refractivity contribution in [2.24, 2.45) is 5.73 Å². The maximum atomic E-state index is 9.69. The van der Waals surface area contributed by atoms with E-state index in [2.05, 4.69) is 5.32 Å². The van der Waals surface area contributed by atoms with Gasteiger partial charge in [0.25, 0.3) is 0 Å². The number of carboxylic acids is 1. The lowest BCUT2D eigenvalue weighted by molar-refractivity contribution is -0.135. The summed E-state index contributed by atoms with van der Waals surface area (Å²) in [6.45, 7) is -0.296. The molecule has 0 saturated heterocycles. The maximum absolute atomic E-state index is 9.69. The van der Waals surface area contributed by atoms with Crippen LogP contribution in [0.2, 0.25) is 0 Å². The summed E-state index contributed by atoms with van der Waals surface area (Å²) in [4.78, 5) is 9.69. The van der Waals surface area contributed by atoms with Crippen LogP contribution in [0.4, 0.5) is 0 Å². The summed E-state index contributed by atoms with van der Waals surface area (Å²) in [5, 5.41) is 16.5. The van der Waals surface area contributed by atoms with Gasteiger partial charge in [-0.25, -0.2) is 0 Å². The molecule has 0 saturated carbocycles. The largest absolute Gasteiger partial charge is 0.480 e. The average molecular weight is 143 g/mol. The summed E-state index contributed by atoms with van der Waals surface area (Å²) >= 11 is 0. The van der Waals surface area contributed by atoms with Gasteiger partial charge in [-0.15, -0.1) is 0 Å². The van der Waals surface area contributed by atoms with Crippen molar-refractivity contribution >= 4 is 35.0 Å². The molecule has 0 radical (unpaired) electrons. The predicted molar refractivity (Wildman–Crippen MR) is 36.1 cm³/mol. The highest BCUT2D eigenvalue weighted by Crippen LogP contribution is 1.55. The quantitative estimate of drug-likeness (QED) is 0.197. The number of carbonyl (C=O) groups is 1. The number of hydrogen-bond donors (Lipinski definition) is 4. The minimum atomic E-state index is -1.03. The third-order valence-corrected chi connectivity index (χ3v) is 0.430. The Labute approximate surface area is 68.3 Å². The number of rotatable bonds is 2. The van der Waals surface area contributed by atoms with E-state index < -0.39 is 5.97 Å². The van der Waals surface area contributed by atoms with E-state index >= 15 is 0 Å². The number of carboxylic acid groups (broad SMARTS) is 1. The Balaban J connectivity index is 0. The van der Waals surface area contributed by atoms with Crippen LogP contribution in [-0.2, 0) is 4.79 Å². The lowest BCUT2D eigenvalue weighted by Gasteiger charge is -1.95. The third-order valence-electron chi connectivity index (χ3n) is 0.430. The first-order valence-corrected chi connectivity index (χ1v) is 1.92. The minimum Gasteiger partial charge on any atom is -0.480 e. The molecule has 0 aliphatic rings. The Kier molecular flexibility index (Phi) is 7.09. The second-order valence-corrected chi connectivity index (χ2v) is 1.16. The monoisotopic (exact) mass is 143 g/mol. The van der Waals surface area contributed by atoms with Crippen LogP contribution < -0.4 is 11.1 Å². The molecule has 0 aliphatic carbocycles. The molecule has 9 heavy (non-hydrogen) atoms. The average Bonchev–Trinajstić information content (AvgIpc) is 1.61. The highest BCUT2D eigenvalue weighted by molar-refractivity contribution is 5.79. The zero-order valence-electron chi connectivity index (χ0n) is 4.14. The second-order valence-electron chi connectivity index (χ2n) is 1.16. The number of aliphatic carboxylic acids is 1. The van der Waals surface area contributed by atoms with Crippen molar-refractivity contribution < 1.29 is 9.90 Å². The van der Waals surface area contributed by atoms with Crippen molar-refractivity contribution in [2.45, 2.75) is 0 Å². The molecule has 0 unspecified atom stereocenters. The van der Waals surface area contributed by atoms with Crippen molar-refractivity contribution in [2.75, 3.05) is 6.54 Å². The van der Waals surface area contributed by atoms with Crippen LogP contribution in [0.25, 0.3) is 0 Å². The second kappa shape index (κ2) is 5.64. The smallest absolute Gasteiger partial charge is 0.322 e. The van der Waals surface area contributed by atoms with Crippen molar-refractivity contribution in [3.05, 3.63) is 0 Å². The van der Waals surface area contributed by atoms with E-state index in [1.807, 2.05) is 0 Å². The van der Waals surface area contributed by atoms with E-state index in [0.29, 0.717) is 0 Å². The zero-order chi connectivity index (χ0) is 6.57. The highest BCUT2D eigenvalue weighted by atomic mass is 24.3. The van der Waals surface area contributed by atoms with E-state index in [-0.39, 0.29) is 35.6 Å². The van der Waals surface area contributed by atoms with Crippen LogP contribution in [0.15, 0.2) is 0 Å². The summed E-state index contributed by atoms with van der Waals surface area (Å²) in [5.74, 6) is -1.35. The van der Waals surface area contributed by atoms with Crippen molar-refractivity contribution in [3.8, 4) is 0 Å². The molecule has 5 N–H and O–H groups in total. The fourth-order valence-electron chi connectivity index (χ4n) is 0.171. The van der Waals surface area contributed by atoms with E-state index in [1.165, 1.54) is 0 Å². The van der Waals surface area contributed by atoms with Gasteiger partial charge in [-0.1, -0.05) is 0 Å². The number of nitrogens with two attached hydrogens (primary N) is 1. The fourth-order valence-corrected chi connectivity index (χ4v) is 0.171. The van der Waals surface area contributed by atoms with E-state index in [4.69, 9.17) is 16.2 Å². The molecule has 0 rings (SSSR count). The molecule has 0 aromatic carbocycles. The van der Waals surface area contributed by atoms with Gasteiger partial charge in [0.05, 0.1) is 0 Å². The summed E-state index contributed by atoms with van der Waals surface area (Å²) in [5.41, 5.74) is 4.75. The van der Waals surface area contributed by atoms with Crippen LogP contribution >= 0.6 is 0 Å². The Morgan fingerprint density at radius 2 is 2.22 bits per heavy atom. The molecule has 0 amide bonds.